The maximum absolute atomic E-state index is 6.14. The van der Waals surface area contributed by atoms with Gasteiger partial charge >= 0.3 is 0 Å². The van der Waals surface area contributed by atoms with E-state index in [0.717, 1.165) is 12.8 Å². The second-order valence-corrected chi connectivity index (χ2v) is 11.0. The highest BCUT2D eigenvalue weighted by atomic mass is 127. The molecule has 0 aliphatic heterocycles. The Morgan fingerprint density at radius 2 is 2.06 bits per heavy atom. The van der Waals surface area contributed by atoms with E-state index >= 15 is 0 Å². The fourth-order valence-electron chi connectivity index (χ4n) is 2.23. The predicted molar refractivity (Wildman–Crippen MR) is 85.5 cm³/mol. The van der Waals surface area contributed by atoms with Gasteiger partial charge in [-0.25, -0.2) is 0 Å². The van der Waals surface area contributed by atoms with E-state index in [2.05, 4.69) is 58.2 Å². The van der Waals surface area contributed by atoms with Crippen LogP contribution in [0.25, 0.3) is 0 Å². The minimum Gasteiger partial charge on any atom is -0.547 e. The molecule has 1 aliphatic rings. The Morgan fingerprint density at radius 1 is 1.41 bits per heavy atom. The fourth-order valence-corrected chi connectivity index (χ4v) is 3.73. The number of hydrogen-bond acceptors (Lipinski definition) is 1. The Bertz CT molecular complexity index is 339. The molecular formula is C14H23IOSi. The summed E-state index contributed by atoms with van der Waals surface area (Å²) < 4.78 is 8.26. The molecule has 0 aromatic heterocycles. The molecule has 0 N–H and O–H groups in total. The minimum absolute atomic E-state index is 0.416. The van der Waals surface area contributed by atoms with E-state index < -0.39 is 8.32 Å². The van der Waals surface area contributed by atoms with Crippen LogP contribution in [-0.2, 0) is 4.43 Å². The van der Waals surface area contributed by atoms with Crippen molar-refractivity contribution in [2.24, 2.45) is 5.41 Å². The Balaban J connectivity index is 2.62. The van der Waals surface area contributed by atoms with E-state index in [-0.39, 0.29) is 0 Å². The third-order valence-corrected chi connectivity index (χ3v) is 4.73. The SMILES string of the molecule is CC#CCC1(C/C(=C\I)O[Si](C)(C)C)CCC1. The molecule has 0 aromatic rings. The van der Waals surface area contributed by atoms with Crippen molar-refractivity contribution < 1.29 is 4.43 Å². The smallest absolute Gasteiger partial charge is 0.241 e. The van der Waals surface area contributed by atoms with Gasteiger partial charge in [-0.3, -0.25) is 0 Å². The summed E-state index contributed by atoms with van der Waals surface area (Å²) in [5.41, 5.74) is 0.416. The zero-order chi connectivity index (χ0) is 12.9. The topological polar surface area (TPSA) is 9.23 Å². The number of hydrogen-bond donors (Lipinski definition) is 0. The van der Waals surface area contributed by atoms with Gasteiger partial charge in [0.15, 0.2) is 0 Å². The molecule has 1 saturated carbocycles. The summed E-state index contributed by atoms with van der Waals surface area (Å²) in [6, 6.07) is 0. The summed E-state index contributed by atoms with van der Waals surface area (Å²) in [5.74, 6) is 7.47. The van der Waals surface area contributed by atoms with Gasteiger partial charge < -0.3 is 4.43 Å². The van der Waals surface area contributed by atoms with Crippen LogP contribution in [0, 0.1) is 17.3 Å². The monoisotopic (exact) mass is 362 g/mol. The van der Waals surface area contributed by atoms with Crippen LogP contribution in [0.2, 0.25) is 19.6 Å². The van der Waals surface area contributed by atoms with Gasteiger partial charge in [0.25, 0.3) is 0 Å². The van der Waals surface area contributed by atoms with Gasteiger partial charge in [-0.15, -0.1) is 11.8 Å². The Morgan fingerprint density at radius 3 is 2.41 bits per heavy atom. The lowest BCUT2D eigenvalue weighted by atomic mass is 9.64. The molecule has 0 heterocycles. The molecule has 1 nitrogen and oxygen atoms in total. The molecule has 0 radical (unpaired) electrons. The van der Waals surface area contributed by atoms with Crippen LogP contribution < -0.4 is 0 Å². The van der Waals surface area contributed by atoms with Crippen LogP contribution >= 0.6 is 22.6 Å². The van der Waals surface area contributed by atoms with E-state index in [1.165, 1.54) is 25.0 Å². The molecule has 1 fully saturated rings. The summed E-state index contributed by atoms with van der Waals surface area (Å²) in [6.45, 7) is 8.66. The molecule has 3 heteroatoms. The lowest BCUT2D eigenvalue weighted by molar-refractivity contribution is 0.123. The molecule has 1 aliphatic carbocycles. The Hall–Kier alpha value is 0.0469. The Labute approximate surface area is 121 Å². The van der Waals surface area contributed by atoms with Crippen LogP contribution in [0.5, 0.6) is 0 Å². The van der Waals surface area contributed by atoms with E-state index in [9.17, 15) is 0 Å². The molecule has 0 aromatic carbocycles. The van der Waals surface area contributed by atoms with Crippen molar-refractivity contribution in [3.05, 3.63) is 9.84 Å². The largest absolute Gasteiger partial charge is 0.547 e. The first kappa shape index (κ1) is 15.1. The summed E-state index contributed by atoms with van der Waals surface area (Å²) in [7, 11) is -1.47. The lowest BCUT2D eigenvalue weighted by Crippen LogP contribution is -2.32. The standard InChI is InChI=1S/C14H23IOSi/c1-5-6-8-14(9-7-10-14)11-13(12-15)16-17(2,3)4/h12H,7-11H2,1-4H3/b13-12+. The molecule has 0 bridgehead atoms. The second kappa shape index (κ2) is 6.28. The summed E-state index contributed by atoms with van der Waals surface area (Å²) in [6.07, 6.45) is 6.09. The van der Waals surface area contributed by atoms with Gasteiger partial charge in [-0.1, -0.05) is 6.42 Å². The van der Waals surface area contributed by atoms with Crippen molar-refractivity contribution >= 4 is 30.9 Å². The average Bonchev–Trinajstić information content (AvgIpc) is 2.18. The van der Waals surface area contributed by atoms with Crippen molar-refractivity contribution in [1.29, 1.82) is 0 Å². The quantitative estimate of drug-likeness (QED) is 0.287. The van der Waals surface area contributed by atoms with Crippen molar-refractivity contribution in [3.8, 4) is 11.8 Å². The first-order valence-electron chi connectivity index (χ1n) is 6.29. The number of rotatable bonds is 5. The van der Waals surface area contributed by atoms with Crippen molar-refractivity contribution in [3.63, 3.8) is 0 Å². The molecule has 0 saturated heterocycles. The molecule has 17 heavy (non-hydrogen) atoms. The van der Waals surface area contributed by atoms with Gasteiger partial charge in [0.1, 0.15) is 0 Å². The normalized spacial score (nSPS) is 19.0. The van der Waals surface area contributed by atoms with Crippen LogP contribution in [0.15, 0.2) is 9.84 Å². The van der Waals surface area contributed by atoms with E-state index in [1.54, 1.807) is 0 Å². The molecule has 0 amide bonds. The molecule has 96 valence electrons. The van der Waals surface area contributed by atoms with E-state index in [1.807, 2.05) is 6.92 Å². The highest BCUT2D eigenvalue weighted by Gasteiger charge is 2.37. The lowest BCUT2D eigenvalue weighted by Gasteiger charge is -2.42. The second-order valence-electron chi connectivity index (χ2n) is 5.92. The fraction of sp³-hybridized carbons (Fsp3) is 0.714. The third kappa shape index (κ3) is 5.05. The van der Waals surface area contributed by atoms with E-state index in [4.69, 9.17) is 4.43 Å². The number of allylic oxidation sites excluding steroid dienone is 1. The van der Waals surface area contributed by atoms with Crippen LogP contribution in [-0.4, -0.2) is 8.32 Å². The maximum atomic E-state index is 6.14. The van der Waals surface area contributed by atoms with Gasteiger partial charge in [0.05, 0.1) is 5.76 Å². The molecule has 1 rings (SSSR count). The molecule has 0 spiro atoms. The molecular weight excluding hydrogens is 339 g/mol. The van der Waals surface area contributed by atoms with Gasteiger partial charge in [0.2, 0.25) is 8.32 Å². The van der Waals surface area contributed by atoms with Gasteiger partial charge in [0, 0.05) is 16.9 Å². The highest BCUT2D eigenvalue weighted by molar-refractivity contribution is 14.1. The molecule has 0 atom stereocenters. The first-order chi connectivity index (χ1) is 7.91. The van der Waals surface area contributed by atoms with Crippen molar-refractivity contribution in [2.75, 3.05) is 0 Å². The zero-order valence-electron chi connectivity index (χ0n) is 11.4. The van der Waals surface area contributed by atoms with Crippen LogP contribution in [0.3, 0.4) is 0 Å². The third-order valence-electron chi connectivity index (χ3n) is 3.16. The Kier molecular flexibility index (Phi) is 5.58. The number of halogens is 1. The summed E-state index contributed by atoms with van der Waals surface area (Å²) in [5, 5.41) is 0. The van der Waals surface area contributed by atoms with Crippen molar-refractivity contribution in [2.45, 2.75) is 58.7 Å². The first-order valence-corrected chi connectivity index (χ1v) is 10.9. The summed E-state index contributed by atoms with van der Waals surface area (Å²) >= 11 is 2.31. The van der Waals surface area contributed by atoms with Crippen LogP contribution in [0.4, 0.5) is 0 Å². The zero-order valence-corrected chi connectivity index (χ0v) is 14.6. The predicted octanol–water partition coefficient (Wildman–Crippen LogP) is 5.09. The van der Waals surface area contributed by atoms with Gasteiger partial charge in [-0.2, -0.15) is 0 Å². The van der Waals surface area contributed by atoms with Gasteiger partial charge in [-0.05, 0) is 67.4 Å². The maximum Gasteiger partial charge on any atom is 0.241 e. The van der Waals surface area contributed by atoms with Crippen LogP contribution in [0.1, 0.15) is 39.0 Å². The summed E-state index contributed by atoms with van der Waals surface area (Å²) in [4.78, 5) is 0. The average molecular weight is 362 g/mol. The van der Waals surface area contributed by atoms with Crippen molar-refractivity contribution in [1.82, 2.24) is 0 Å². The van der Waals surface area contributed by atoms with E-state index in [0.29, 0.717) is 5.41 Å². The molecule has 0 unspecified atom stereocenters. The highest BCUT2D eigenvalue weighted by Crippen LogP contribution is 2.48. The minimum atomic E-state index is -1.47.